The lowest BCUT2D eigenvalue weighted by Gasteiger charge is -1.99. The average molecular weight is 242 g/mol. The van der Waals surface area contributed by atoms with Gasteiger partial charge in [-0.3, -0.25) is 0 Å². The van der Waals surface area contributed by atoms with E-state index in [2.05, 4.69) is 25.0 Å². The molecule has 1 N–H and O–H groups in total. The maximum absolute atomic E-state index is 9.05. The second-order valence-corrected chi connectivity index (χ2v) is 5.60. The normalized spacial score (nSPS) is 11.1. The van der Waals surface area contributed by atoms with Gasteiger partial charge in [-0.25, -0.2) is 0 Å². The molecule has 1 aromatic carbocycles. The first-order valence-electron chi connectivity index (χ1n) is 4.15. The summed E-state index contributed by atoms with van der Waals surface area (Å²) < 4.78 is 2.49. The zero-order valence-electron chi connectivity index (χ0n) is 7.65. The van der Waals surface area contributed by atoms with Crippen LogP contribution in [-0.2, 0) is 6.61 Å². The number of benzene rings is 1. The SMILES string of the molecule is CSc1cc2cc(CO)cc(S)c2s1. The van der Waals surface area contributed by atoms with E-state index in [1.54, 1.807) is 23.1 Å². The number of thiol groups is 1. The summed E-state index contributed by atoms with van der Waals surface area (Å²) in [6.45, 7) is 0.0773. The van der Waals surface area contributed by atoms with E-state index < -0.39 is 0 Å². The molecule has 0 unspecified atom stereocenters. The minimum absolute atomic E-state index is 0.0773. The molecule has 0 atom stereocenters. The lowest BCUT2D eigenvalue weighted by molar-refractivity contribution is 0.282. The molecule has 0 saturated heterocycles. The Kier molecular flexibility index (Phi) is 3.07. The fraction of sp³-hybridized carbons (Fsp3) is 0.200. The van der Waals surface area contributed by atoms with E-state index in [4.69, 9.17) is 5.11 Å². The molecule has 0 radical (unpaired) electrons. The first-order valence-corrected chi connectivity index (χ1v) is 6.63. The molecule has 1 aromatic heterocycles. The Hall–Kier alpha value is -0.160. The predicted octanol–water partition coefficient (Wildman–Crippen LogP) is 3.40. The van der Waals surface area contributed by atoms with Gasteiger partial charge in [-0.1, -0.05) is 0 Å². The van der Waals surface area contributed by atoms with E-state index in [1.165, 1.54) is 14.3 Å². The summed E-state index contributed by atoms with van der Waals surface area (Å²) in [6.07, 6.45) is 2.07. The molecule has 0 spiro atoms. The van der Waals surface area contributed by atoms with Gasteiger partial charge in [0.25, 0.3) is 0 Å². The Morgan fingerprint density at radius 3 is 2.86 bits per heavy atom. The van der Waals surface area contributed by atoms with Gasteiger partial charge in [0.1, 0.15) is 0 Å². The number of aliphatic hydroxyl groups excluding tert-OH is 1. The van der Waals surface area contributed by atoms with Gasteiger partial charge in [0, 0.05) is 9.60 Å². The number of rotatable bonds is 2. The Bertz CT molecular complexity index is 462. The van der Waals surface area contributed by atoms with Gasteiger partial charge in [-0.2, -0.15) is 0 Å². The zero-order chi connectivity index (χ0) is 10.1. The Balaban J connectivity index is 2.67. The third kappa shape index (κ3) is 1.80. The van der Waals surface area contributed by atoms with E-state index in [9.17, 15) is 0 Å². The third-order valence-corrected chi connectivity index (χ3v) is 4.77. The first kappa shape index (κ1) is 10.4. The van der Waals surface area contributed by atoms with Crippen LogP contribution in [0.5, 0.6) is 0 Å². The molecule has 0 aliphatic rings. The van der Waals surface area contributed by atoms with Crippen LogP contribution < -0.4 is 0 Å². The quantitative estimate of drug-likeness (QED) is 0.622. The fourth-order valence-corrected chi connectivity index (χ4v) is 3.41. The second-order valence-electron chi connectivity index (χ2n) is 2.96. The zero-order valence-corrected chi connectivity index (χ0v) is 10.2. The standard InChI is InChI=1S/C10H10OS3/c1-13-9-4-7-2-6(5-11)3-8(12)10(7)14-9/h2-4,11-12H,5H2,1H3. The highest BCUT2D eigenvalue weighted by atomic mass is 32.2. The fourth-order valence-electron chi connectivity index (χ4n) is 1.36. The highest BCUT2D eigenvalue weighted by Gasteiger charge is 2.05. The van der Waals surface area contributed by atoms with Crippen LogP contribution in [0.2, 0.25) is 0 Å². The molecule has 0 saturated carbocycles. The van der Waals surface area contributed by atoms with Crippen molar-refractivity contribution in [3.8, 4) is 0 Å². The van der Waals surface area contributed by atoms with E-state index in [-0.39, 0.29) is 6.61 Å². The van der Waals surface area contributed by atoms with Crippen LogP contribution in [0.3, 0.4) is 0 Å². The highest BCUT2D eigenvalue weighted by Crippen LogP contribution is 2.36. The molecule has 2 rings (SSSR count). The molecule has 1 heterocycles. The maximum Gasteiger partial charge on any atom is 0.0682 e. The van der Waals surface area contributed by atoms with Crippen molar-refractivity contribution in [1.29, 1.82) is 0 Å². The molecule has 2 aromatic rings. The van der Waals surface area contributed by atoms with Crippen molar-refractivity contribution < 1.29 is 5.11 Å². The number of thioether (sulfide) groups is 1. The summed E-state index contributed by atoms with van der Waals surface area (Å²) >= 11 is 7.90. The van der Waals surface area contributed by atoms with Crippen LogP contribution in [0.4, 0.5) is 0 Å². The second kappa shape index (κ2) is 4.14. The van der Waals surface area contributed by atoms with Gasteiger partial charge in [-0.15, -0.1) is 35.7 Å². The topological polar surface area (TPSA) is 20.2 Å². The van der Waals surface area contributed by atoms with E-state index in [0.717, 1.165) is 10.5 Å². The van der Waals surface area contributed by atoms with Crippen molar-refractivity contribution in [3.63, 3.8) is 0 Å². The predicted molar refractivity (Wildman–Crippen MR) is 66.8 cm³/mol. The van der Waals surface area contributed by atoms with E-state index in [0.29, 0.717) is 0 Å². The highest BCUT2D eigenvalue weighted by molar-refractivity contribution is 8.00. The van der Waals surface area contributed by atoms with Gasteiger partial charge < -0.3 is 5.11 Å². The van der Waals surface area contributed by atoms with Crippen molar-refractivity contribution in [2.75, 3.05) is 6.26 Å². The molecule has 1 nitrogen and oxygen atoms in total. The van der Waals surface area contributed by atoms with Crippen LogP contribution in [-0.4, -0.2) is 11.4 Å². The van der Waals surface area contributed by atoms with Crippen molar-refractivity contribution in [3.05, 3.63) is 23.8 Å². The maximum atomic E-state index is 9.05. The minimum atomic E-state index is 0.0773. The summed E-state index contributed by atoms with van der Waals surface area (Å²) in [7, 11) is 0. The molecule has 0 amide bonds. The van der Waals surface area contributed by atoms with Crippen LogP contribution in [0, 0.1) is 0 Å². The van der Waals surface area contributed by atoms with Crippen LogP contribution in [0.1, 0.15) is 5.56 Å². The molecular weight excluding hydrogens is 232 g/mol. The lowest BCUT2D eigenvalue weighted by Crippen LogP contribution is -1.81. The Morgan fingerprint density at radius 1 is 1.43 bits per heavy atom. The molecule has 4 heteroatoms. The van der Waals surface area contributed by atoms with Crippen molar-refractivity contribution in [2.24, 2.45) is 0 Å². The molecule has 0 aliphatic carbocycles. The molecule has 74 valence electrons. The largest absolute Gasteiger partial charge is 0.392 e. The van der Waals surface area contributed by atoms with Gasteiger partial charge in [-0.05, 0) is 35.4 Å². The summed E-state index contributed by atoms with van der Waals surface area (Å²) in [5, 5.41) is 10.2. The van der Waals surface area contributed by atoms with Crippen molar-refractivity contribution in [2.45, 2.75) is 15.7 Å². The summed E-state index contributed by atoms with van der Waals surface area (Å²) in [5.74, 6) is 0. The lowest BCUT2D eigenvalue weighted by atomic mass is 10.2. The molecular formula is C10H10OS3. The van der Waals surface area contributed by atoms with Gasteiger partial charge in [0.2, 0.25) is 0 Å². The summed E-state index contributed by atoms with van der Waals surface area (Å²) in [5.41, 5.74) is 0.924. The summed E-state index contributed by atoms with van der Waals surface area (Å²) in [4.78, 5) is 0.955. The van der Waals surface area contributed by atoms with Crippen molar-refractivity contribution in [1.82, 2.24) is 0 Å². The van der Waals surface area contributed by atoms with Gasteiger partial charge in [0.05, 0.1) is 10.8 Å². The van der Waals surface area contributed by atoms with Crippen LogP contribution in [0.25, 0.3) is 10.1 Å². The summed E-state index contributed by atoms with van der Waals surface area (Å²) in [6, 6.07) is 6.08. The van der Waals surface area contributed by atoms with E-state index >= 15 is 0 Å². The Morgan fingerprint density at radius 2 is 2.21 bits per heavy atom. The smallest absolute Gasteiger partial charge is 0.0682 e. The molecule has 0 aliphatic heterocycles. The van der Waals surface area contributed by atoms with E-state index in [1.807, 2.05) is 12.1 Å². The monoisotopic (exact) mass is 242 g/mol. The first-order chi connectivity index (χ1) is 6.74. The number of hydrogen-bond donors (Lipinski definition) is 2. The van der Waals surface area contributed by atoms with Crippen LogP contribution >= 0.6 is 35.7 Å². The third-order valence-electron chi connectivity index (χ3n) is 2.02. The number of hydrogen-bond acceptors (Lipinski definition) is 4. The van der Waals surface area contributed by atoms with Gasteiger partial charge in [0.15, 0.2) is 0 Å². The van der Waals surface area contributed by atoms with Crippen LogP contribution in [0.15, 0.2) is 27.3 Å². The molecule has 0 bridgehead atoms. The number of fused-ring (bicyclic) bond motifs is 1. The Labute approximate surface area is 96.6 Å². The van der Waals surface area contributed by atoms with Crippen molar-refractivity contribution >= 4 is 45.8 Å². The minimum Gasteiger partial charge on any atom is -0.392 e. The number of thiophene rings is 1. The average Bonchev–Trinajstić information content (AvgIpc) is 2.61. The molecule has 14 heavy (non-hydrogen) atoms. The molecule has 0 fully saturated rings. The number of aliphatic hydroxyl groups is 1. The van der Waals surface area contributed by atoms with Gasteiger partial charge >= 0.3 is 0 Å².